The van der Waals surface area contributed by atoms with E-state index in [1.165, 1.54) is 0 Å². The topological polar surface area (TPSA) is 20.3 Å². The number of carbonyl (C=O) groups excluding carboxylic acids is 1. The summed E-state index contributed by atoms with van der Waals surface area (Å²) in [5.74, 6) is 1.68. The Labute approximate surface area is 106 Å². The highest BCUT2D eigenvalue weighted by Gasteiger charge is 2.05. The second kappa shape index (κ2) is 6.94. The first-order valence-corrected chi connectivity index (χ1v) is 6.64. The highest BCUT2D eigenvalue weighted by atomic mass is 35.5. The van der Waals surface area contributed by atoms with E-state index >= 15 is 0 Å². The molecule has 0 radical (unpaired) electrons. The van der Waals surface area contributed by atoms with Gasteiger partial charge in [-0.2, -0.15) is 11.8 Å². The van der Waals surface area contributed by atoms with Crippen molar-refractivity contribution in [1.82, 2.24) is 4.90 Å². The molecule has 0 aliphatic carbocycles. The van der Waals surface area contributed by atoms with E-state index in [-0.39, 0.29) is 5.78 Å². The van der Waals surface area contributed by atoms with Gasteiger partial charge in [-0.15, -0.1) is 0 Å². The number of benzene rings is 1. The number of hydrogen-bond acceptors (Lipinski definition) is 3. The lowest BCUT2D eigenvalue weighted by molar-refractivity contribution is 0.102. The van der Waals surface area contributed by atoms with E-state index < -0.39 is 0 Å². The van der Waals surface area contributed by atoms with Crippen molar-refractivity contribution in [3.05, 3.63) is 34.9 Å². The molecule has 0 bridgehead atoms. The zero-order valence-corrected chi connectivity index (χ0v) is 11.1. The molecule has 0 saturated heterocycles. The van der Waals surface area contributed by atoms with Crippen LogP contribution in [0.2, 0.25) is 5.02 Å². The minimum Gasteiger partial charge on any atom is -0.309 e. The van der Waals surface area contributed by atoms with E-state index in [2.05, 4.69) is 4.90 Å². The lowest BCUT2D eigenvalue weighted by Crippen LogP contribution is -2.15. The van der Waals surface area contributed by atoms with Gasteiger partial charge in [-0.25, -0.2) is 0 Å². The molecule has 0 atom stereocenters. The maximum Gasteiger partial charge on any atom is 0.172 e. The molecule has 16 heavy (non-hydrogen) atoms. The number of hydrogen-bond donors (Lipinski definition) is 0. The molecule has 1 aromatic rings. The fourth-order valence-electron chi connectivity index (χ4n) is 1.13. The lowest BCUT2D eigenvalue weighted by atomic mass is 10.1. The van der Waals surface area contributed by atoms with Gasteiger partial charge in [-0.05, 0) is 38.4 Å². The minimum absolute atomic E-state index is 0.167. The van der Waals surface area contributed by atoms with Crippen LogP contribution in [0, 0.1) is 0 Å². The van der Waals surface area contributed by atoms with Crippen molar-refractivity contribution in [1.29, 1.82) is 0 Å². The van der Waals surface area contributed by atoms with Crippen molar-refractivity contribution in [2.24, 2.45) is 0 Å². The standard InChI is InChI=1S/C12H16ClNOS/c1-14(2)7-8-16-9-12(15)10-3-5-11(13)6-4-10/h3-6H,7-9H2,1-2H3. The molecule has 0 saturated carbocycles. The summed E-state index contributed by atoms with van der Waals surface area (Å²) in [4.78, 5) is 13.8. The summed E-state index contributed by atoms with van der Waals surface area (Å²) in [6.07, 6.45) is 0. The van der Waals surface area contributed by atoms with Crippen molar-refractivity contribution in [2.45, 2.75) is 0 Å². The molecule has 0 N–H and O–H groups in total. The summed E-state index contributed by atoms with van der Waals surface area (Å²) in [6.45, 7) is 0.999. The van der Waals surface area contributed by atoms with Gasteiger partial charge in [0.2, 0.25) is 0 Å². The van der Waals surface area contributed by atoms with Crippen LogP contribution in [0.15, 0.2) is 24.3 Å². The third kappa shape index (κ3) is 5.01. The van der Waals surface area contributed by atoms with Gasteiger partial charge >= 0.3 is 0 Å². The largest absolute Gasteiger partial charge is 0.309 e. The van der Waals surface area contributed by atoms with Gasteiger partial charge in [0.25, 0.3) is 0 Å². The molecule has 0 aliphatic heterocycles. The molecule has 0 aliphatic rings. The van der Waals surface area contributed by atoms with Crippen molar-refractivity contribution in [3.63, 3.8) is 0 Å². The molecule has 0 spiro atoms. The number of thioether (sulfide) groups is 1. The predicted octanol–water partition coefficient (Wildman–Crippen LogP) is 2.82. The summed E-state index contributed by atoms with van der Waals surface area (Å²) in [5, 5.41) is 0.664. The maximum absolute atomic E-state index is 11.7. The number of halogens is 1. The Balaban J connectivity index is 2.32. The Bertz CT molecular complexity index is 337. The maximum atomic E-state index is 11.7. The Hall–Kier alpha value is -0.510. The van der Waals surface area contributed by atoms with E-state index in [0.29, 0.717) is 10.8 Å². The van der Waals surface area contributed by atoms with Crippen LogP contribution in [0.5, 0.6) is 0 Å². The van der Waals surface area contributed by atoms with Crippen molar-refractivity contribution in [2.75, 3.05) is 32.1 Å². The van der Waals surface area contributed by atoms with Crippen LogP contribution < -0.4 is 0 Å². The first-order chi connectivity index (χ1) is 7.59. The van der Waals surface area contributed by atoms with Crippen LogP contribution in [-0.2, 0) is 0 Å². The number of Topliss-reactive ketones (excluding diaryl/α,β-unsaturated/α-hetero) is 1. The second-order valence-electron chi connectivity index (χ2n) is 3.79. The van der Waals surface area contributed by atoms with Gasteiger partial charge in [0, 0.05) is 22.9 Å². The van der Waals surface area contributed by atoms with Crippen molar-refractivity contribution < 1.29 is 4.79 Å². The van der Waals surface area contributed by atoms with Gasteiger partial charge in [-0.1, -0.05) is 11.6 Å². The third-order valence-corrected chi connectivity index (χ3v) is 3.27. The highest BCUT2D eigenvalue weighted by Crippen LogP contribution is 2.12. The monoisotopic (exact) mass is 257 g/mol. The Morgan fingerprint density at radius 1 is 1.31 bits per heavy atom. The summed E-state index contributed by atoms with van der Waals surface area (Å²) >= 11 is 7.42. The molecule has 1 rings (SSSR count). The van der Waals surface area contributed by atoms with Gasteiger partial charge in [0.15, 0.2) is 5.78 Å². The average Bonchev–Trinajstić information content (AvgIpc) is 2.25. The molecule has 0 aromatic heterocycles. The zero-order valence-electron chi connectivity index (χ0n) is 9.57. The molecule has 0 unspecified atom stereocenters. The summed E-state index contributed by atoms with van der Waals surface area (Å²) in [7, 11) is 4.06. The van der Waals surface area contributed by atoms with E-state index in [9.17, 15) is 4.79 Å². The molecule has 0 heterocycles. The van der Waals surface area contributed by atoms with E-state index in [1.54, 1.807) is 36.0 Å². The van der Waals surface area contributed by atoms with Crippen LogP contribution >= 0.6 is 23.4 Å². The van der Waals surface area contributed by atoms with Crippen LogP contribution in [0.4, 0.5) is 0 Å². The Morgan fingerprint density at radius 3 is 2.50 bits per heavy atom. The number of carbonyl (C=O) groups is 1. The summed E-state index contributed by atoms with van der Waals surface area (Å²) < 4.78 is 0. The Kier molecular flexibility index (Phi) is 5.88. The van der Waals surface area contributed by atoms with Gasteiger partial charge in [0.05, 0.1) is 5.75 Å². The van der Waals surface area contributed by atoms with E-state index in [0.717, 1.165) is 17.9 Å². The Morgan fingerprint density at radius 2 is 1.94 bits per heavy atom. The average molecular weight is 258 g/mol. The van der Waals surface area contributed by atoms with Crippen molar-refractivity contribution >= 4 is 29.1 Å². The quantitative estimate of drug-likeness (QED) is 0.577. The molecule has 1 aromatic carbocycles. The van der Waals surface area contributed by atoms with E-state index in [4.69, 9.17) is 11.6 Å². The predicted molar refractivity (Wildman–Crippen MR) is 71.7 cm³/mol. The number of nitrogens with zero attached hydrogens (tertiary/aromatic N) is 1. The molecule has 0 amide bonds. The minimum atomic E-state index is 0.167. The molecular weight excluding hydrogens is 242 g/mol. The fraction of sp³-hybridized carbons (Fsp3) is 0.417. The van der Waals surface area contributed by atoms with Gasteiger partial charge in [-0.3, -0.25) is 4.79 Å². The van der Waals surface area contributed by atoms with Crippen LogP contribution in [0.3, 0.4) is 0 Å². The van der Waals surface area contributed by atoms with E-state index in [1.807, 2.05) is 14.1 Å². The van der Waals surface area contributed by atoms with Crippen LogP contribution in [0.1, 0.15) is 10.4 Å². The molecule has 0 fully saturated rings. The molecule has 2 nitrogen and oxygen atoms in total. The SMILES string of the molecule is CN(C)CCSCC(=O)c1ccc(Cl)cc1. The highest BCUT2D eigenvalue weighted by molar-refractivity contribution is 8.00. The third-order valence-electron chi connectivity index (χ3n) is 2.08. The van der Waals surface area contributed by atoms with Gasteiger partial charge < -0.3 is 4.90 Å². The first kappa shape index (κ1) is 13.6. The summed E-state index contributed by atoms with van der Waals surface area (Å²) in [6, 6.07) is 7.05. The second-order valence-corrected chi connectivity index (χ2v) is 5.33. The fourth-order valence-corrected chi connectivity index (χ4v) is 2.25. The lowest BCUT2D eigenvalue weighted by Gasteiger charge is -2.08. The first-order valence-electron chi connectivity index (χ1n) is 5.11. The van der Waals surface area contributed by atoms with Crippen LogP contribution in [0.25, 0.3) is 0 Å². The van der Waals surface area contributed by atoms with Crippen LogP contribution in [-0.4, -0.2) is 42.8 Å². The number of ketones is 1. The van der Waals surface area contributed by atoms with Crippen molar-refractivity contribution in [3.8, 4) is 0 Å². The molecule has 4 heteroatoms. The summed E-state index contributed by atoms with van der Waals surface area (Å²) in [5.41, 5.74) is 0.738. The van der Waals surface area contributed by atoms with Gasteiger partial charge in [0.1, 0.15) is 0 Å². The zero-order chi connectivity index (χ0) is 12.0. The normalized spacial score (nSPS) is 10.8. The molecule has 88 valence electrons. The molecular formula is C12H16ClNOS. The number of rotatable bonds is 6. The smallest absolute Gasteiger partial charge is 0.172 e.